The average molecular weight is 334 g/mol. The van der Waals surface area contributed by atoms with Crippen LogP contribution >= 0.6 is 11.3 Å². The number of hydrogen-bond donors (Lipinski definition) is 1. The maximum absolute atomic E-state index is 12.4. The summed E-state index contributed by atoms with van der Waals surface area (Å²) in [5.41, 5.74) is 2.01. The standard InChI is InChI=1S/C18H26N2O2S/c1-18(2,13-7-4-3-5-8-13)12-19-16(21)14-11-23-17(20-14)15-9-6-10-22-15/h7,11,15H,3-6,8-10,12H2,1-2H3,(H,19,21). The van der Waals surface area contributed by atoms with Crippen LogP contribution < -0.4 is 5.32 Å². The largest absolute Gasteiger partial charge is 0.371 e. The summed E-state index contributed by atoms with van der Waals surface area (Å²) in [5, 5.41) is 5.84. The molecule has 1 amide bonds. The number of hydrogen-bond acceptors (Lipinski definition) is 4. The molecular weight excluding hydrogens is 308 g/mol. The van der Waals surface area contributed by atoms with Crippen LogP contribution in [0.2, 0.25) is 0 Å². The third-order valence-electron chi connectivity index (χ3n) is 4.81. The third kappa shape index (κ3) is 4.01. The molecule has 1 aromatic rings. The van der Waals surface area contributed by atoms with Gasteiger partial charge < -0.3 is 10.1 Å². The van der Waals surface area contributed by atoms with Crippen molar-refractivity contribution in [1.29, 1.82) is 0 Å². The molecule has 1 aliphatic heterocycles. The van der Waals surface area contributed by atoms with Crippen molar-refractivity contribution in [2.24, 2.45) is 5.41 Å². The predicted molar refractivity (Wildman–Crippen MR) is 92.7 cm³/mol. The van der Waals surface area contributed by atoms with Crippen LogP contribution in [0.5, 0.6) is 0 Å². The highest BCUT2D eigenvalue weighted by molar-refractivity contribution is 7.09. The zero-order valence-corrected chi connectivity index (χ0v) is 14.9. The molecule has 0 radical (unpaired) electrons. The summed E-state index contributed by atoms with van der Waals surface area (Å²) < 4.78 is 5.63. The van der Waals surface area contributed by atoms with E-state index in [-0.39, 0.29) is 17.4 Å². The molecule has 1 unspecified atom stereocenters. The maximum atomic E-state index is 12.4. The van der Waals surface area contributed by atoms with Crippen molar-refractivity contribution in [2.75, 3.05) is 13.2 Å². The highest BCUT2D eigenvalue weighted by atomic mass is 32.1. The number of ether oxygens (including phenoxy) is 1. The Bertz CT molecular complexity index is 586. The fourth-order valence-corrected chi connectivity index (χ4v) is 4.15. The van der Waals surface area contributed by atoms with Crippen molar-refractivity contribution < 1.29 is 9.53 Å². The van der Waals surface area contributed by atoms with Gasteiger partial charge in [0.05, 0.1) is 0 Å². The van der Waals surface area contributed by atoms with Crippen molar-refractivity contribution in [2.45, 2.75) is 58.5 Å². The van der Waals surface area contributed by atoms with Gasteiger partial charge in [-0.15, -0.1) is 11.3 Å². The summed E-state index contributed by atoms with van der Waals surface area (Å²) in [5.74, 6) is -0.0741. The molecule has 1 fully saturated rings. The van der Waals surface area contributed by atoms with Crippen molar-refractivity contribution in [3.63, 3.8) is 0 Å². The number of thiazole rings is 1. The lowest BCUT2D eigenvalue weighted by Gasteiger charge is -2.30. The van der Waals surface area contributed by atoms with Crippen LogP contribution in [0, 0.1) is 5.41 Å². The SMILES string of the molecule is CC(C)(CNC(=O)c1csc(C2CCCO2)n1)C1=CCCCC1. The van der Waals surface area contributed by atoms with E-state index in [0.717, 1.165) is 30.9 Å². The third-order valence-corrected chi connectivity index (χ3v) is 5.75. The van der Waals surface area contributed by atoms with Gasteiger partial charge in [0.1, 0.15) is 16.8 Å². The molecule has 2 aliphatic rings. The molecule has 1 saturated heterocycles. The Morgan fingerprint density at radius 3 is 3.00 bits per heavy atom. The Labute approximate surface area is 142 Å². The first-order chi connectivity index (χ1) is 11.1. The van der Waals surface area contributed by atoms with Gasteiger partial charge in [-0.25, -0.2) is 4.98 Å². The van der Waals surface area contributed by atoms with Crippen LogP contribution in [-0.4, -0.2) is 24.0 Å². The minimum absolute atomic E-state index is 0.0174. The average Bonchev–Trinajstić information content (AvgIpc) is 3.24. The van der Waals surface area contributed by atoms with E-state index < -0.39 is 0 Å². The molecule has 0 saturated carbocycles. The van der Waals surface area contributed by atoms with Gasteiger partial charge in [-0.05, 0) is 38.5 Å². The fraction of sp³-hybridized carbons (Fsp3) is 0.667. The molecule has 2 heterocycles. The van der Waals surface area contributed by atoms with Crippen LogP contribution in [0.4, 0.5) is 0 Å². The predicted octanol–water partition coefficient (Wildman–Crippen LogP) is 4.25. The van der Waals surface area contributed by atoms with Crippen LogP contribution in [-0.2, 0) is 4.74 Å². The highest BCUT2D eigenvalue weighted by Gasteiger charge is 2.26. The summed E-state index contributed by atoms with van der Waals surface area (Å²) in [6.45, 7) is 5.88. The summed E-state index contributed by atoms with van der Waals surface area (Å²) in [6, 6.07) is 0. The Balaban J connectivity index is 1.57. The van der Waals surface area contributed by atoms with E-state index in [9.17, 15) is 4.79 Å². The Kier molecular flexibility index (Phi) is 5.17. The van der Waals surface area contributed by atoms with Crippen molar-refractivity contribution in [3.8, 4) is 0 Å². The summed E-state index contributed by atoms with van der Waals surface area (Å²) in [6.07, 6.45) is 9.41. The molecule has 1 aromatic heterocycles. The second kappa shape index (κ2) is 7.14. The zero-order valence-electron chi connectivity index (χ0n) is 14.1. The van der Waals surface area contributed by atoms with Gasteiger partial charge in [0.15, 0.2) is 0 Å². The Morgan fingerprint density at radius 2 is 2.30 bits per heavy atom. The highest BCUT2D eigenvalue weighted by Crippen LogP contribution is 2.33. The van der Waals surface area contributed by atoms with Crippen molar-refractivity contribution >= 4 is 17.2 Å². The fourth-order valence-electron chi connectivity index (χ4n) is 3.27. The first kappa shape index (κ1) is 16.7. The smallest absolute Gasteiger partial charge is 0.270 e. The topological polar surface area (TPSA) is 51.2 Å². The number of carbonyl (C=O) groups is 1. The van der Waals surface area contributed by atoms with Gasteiger partial charge in [0.2, 0.25) is 0 Å². The van der Waals surface area contributed by atoms with E-state index in [4.69, 9.17) is 4.74 Å². The van der Waals surface area contributed by atoms with Crippen LogP contribution in [0.3, 0.4) is 0 Å². The minimum atomic E-state index is -0.0741. The summed E-state index contributed by atoms with van der Waals surface area (Å²) >= 11 is 1.53. The monoisotopic (exact) mass is 334 g/mol. The lowest BCUT2D eigenvalue weighted by molar-refractivity contribution is 0.0933. The molecule has 0 aromatic carbocycles. The number of nitrogens with zero attached hydrogens (tertiary/aromatic N) is 1. The first-order valence-electron chi connectivity index (χ1n) is 8.61. The second-order valence-electron chi connectivity index (χ2n) is 7.11. The van der Waals surface area contributed by atoms with Crippen molar-refractivity contribution in [3.05, 3.63) is 27.7 Å². The molecule has 1 aliphatic carbocycles. The number of carbonyl (C=O) groups excluding carboxylic acids is 1. The van der Waals surface area contributed by atoms with Gasteiger partial charge in [0, 0.05) is 23.9 Å². The van der Waals surface area contributed by atoms with E-state index >= 15 is 0 Å². The Morgan fingerprint density at radius 1 is 1.43 bits per heavy atom. The van der Waals surface area contributed by atoms with E-state index in [1.54, 1.807) is 0 Å². The van der Waals surface area contributed by atoms with Gasteiger partial charge in [0.25, 0.3) is 5.91 Å². The van der Waals surface area contributed by atoms with Gasteiger partial charge in [-0.1, -0.05) is 25.5 Å². The molecule has 0 spiro atoms. The van der Waals surface area contributed by atoms with Gasteiger partial charge >= 0.3 is 0 Å². The quantitative estimate of drug-likeness (QED) is 0.819. The molecule has 4 nitrogen and oxygen atoms in total. The number of aromatic nitrogens is 1. The second-order valence-corrected chi connectivity index (χ2v) is 8.00. The van der Waals surface area contributed by atoms with E-state index in [1.807, 2.05) is 5.38 Å². The molecule has 1 atom stereocenters. The van der Waals surface area contributed by atoms with Gasteiger partial charge in [-0.3, -0.25) is 4.79 Å². The molecular formula is C18H26N2O2S. The lowest BCUT2D eigenvalue weighted by Crippen LogP contribution is -2.35. The Hall–Kier alpha value is -1.20. The zero-order chi connectivity index (χ0) is 16.3. The van der Waals surface area contributed by atoms with Crippen LogP contribution in [0.15, 0.2) is 17.0 Å². The molecule has 23 heavy (non-hydrogen) atoms. The van der Waals surface area contributed by atoms with Crippen LogP contribution in [0.1, 0.15) is 74.0 Å². The first-order valence-corrected chi connectivity index (χ1v) is 9.49. The van der Waals surface area contributed by atoms with Gasteiger partial charge in [-0.2, -0.15) is 0 Å². The summed E-state index contributed by atoms with van der Waals surface area (Å²) in [4.78, 5) is 16.8. The normalized spacial score (nSPS) is 22.0. The molecule has 126 valence electrons. The van der Waals surface area contributed by atoms with E-state index in [0.29, 0.717) is 12.2 Å². The molecule has 1 N–H and O–H groups in total. The molecule has 3 rings (SSSR count). The van der Waals surface area contributed by atoms with E-state index in [1.165, 1.54) is 36.2 Å². The lowest BCUT2D eigenvalue weighted by atomic mass is 9.78. The molecule has 0 bridgehead atoms. The number of allylic oxidation sites excluding steroid dienone is 1. The number of amides is 1. The summed E-state index contributed by atoms with van der Waals surface area (Å²) in [7, 11) is 0. The maximum Gasteiger partial charge on any atom is 0.270 e. The van der Waals surface area contributed by atoms with Crippen LogP contribution in [0.25, 0.3) is 0 Å². The number of rotatable bonds is 5. The van der Waals surface area contributed by atoms with Crippen molar-refractivity contribution in [1.82, 2.24) is 10.3 Å². The van der Waals surface area contributed by atoms with E-state index in [2.05, 4.69) is 30.2 Å². The minimum Gasteiger partial charge on any atom is -0.371 e. The molecule has 5 heteroatoms. The number of nitrogens with one attached hydrogen (secondary N) is 1.